The molecule has 1 N–H and O–H groups in total. The van der Waals surface area contributed by atoms with Gasteiger partial charge in [-0.25, -0.2) is 9.78 Å². The first kappa shape index (κ1) is 26.3. The first-order valence-electron chi connectivity index (χ1n) is 12.8. The standard InChI is InChI=1S/C32H28N4O4/c1-5-39-32(37)30-21(3)36(23-10-6-20(2)7-11-23)29-15-14-25(18-26(29)30)40-31-27(19-33)28(16-17-34-31)35-22-8-12-24(38-4)13-9-22/h6-18H,5H2,1-4H3,(H,34,35). The summed E-state index contributed by atoms with van der Waals surface area (Å²) in [6.45, 7) is 5.97. The molecule has 0 atom stereocenters. The number of benzene rings is 3. The first-order valence-corrected chi connectivity index (χ1v) is 12.8. The molecule has 3 aromatic carbocycles. The maximum Gasteiger partial charge on any atom is 0.340 e. The molecule has 5 aromatic rings. The first-order chi connectivity index (χ1) is 19.4. The summed E-state index contributed by atoms with van der Waals surface area (Å²) in [5.41, 5.74) is 5.71. The number of nitrogens with zero attached hydrogens (tertiary/aromatic N) is 3. The highest BCUT2D eigenvalue weighted by Crippen LogP contribution is 2.35. The summed E-state index contributed by atoms with van der Waals surface area (Å²) in [7, 11) is 1.61. The van der Waals surface area contributed by atoms with Crippen molar-refractivity contribution in [2.24, 2.45) is 0 Å². The number of nitrogens with one attached hydrogen (secondary N) is 1. The molecule has 0 spiro atoms. The average molecular weight is 533 g/mol. The molecule has 0 unspecified atom stereocenters. The molecule has 0 aliphatic rings. The highest BCUT2D eigenvalue weighted by Gasteiger charge is 2.23. The summed E-state index contributed by atoms with van der Waals surface area (Å²) in [6.07, 6.45) is 1.57. The number of esters is 1. The van der Waals surface area contributed by atoms with Crippen LogP contribution in [0.2, 0.25) is 0 Å². The Morgan fingerprint density at radius 2 is 1.73 bits per heavy atom. The maximum absolute atomic E-state index is 13.1. The summed E-state index contributed by atoms with van der Waals surface area (Å²) in [5.74, 6) is 0.904. The molecule has 40 heavy (non-hydrogen) atoms. The number of nitriles is 1. The zero-order valence-electron chi connectivity index (χ0n) is 22.7. The highest BCUT2D eigenvalue weighted by atomic mass is 16.5. The van der Waals surface area contributed by atoms with Crippen LogP contribution in [0.1, 0.15) is 34.1 Å². The lowest BCUT2D eigenvalue weighted by Gasteiger charge is -2.12. The van der Waals surface area contributed by atoms with Gasteiger partial charge in [0.2, 0.25) is 5.88 Å². The quantitative estimate of drug-likeness (QED) is 0.210. The summed E-state index contributed by atoms with van der Waals surface area (Å²) in [5, 5.41) is 13.9. The van der Waals surface area contributed by atoms with Crippen LogP contribution in [0, 0.1) is 25.2 Å². The van der Waals surface area contributed by atoms with E-state index in [0.717, 1.165) is 33.9 Å². The number of carbonyl (C=O) groups excluding carboxylic acids is 1. The molecule has 0 saturated heterocycles. The van der Waals surface area contributed by atoms with Crippen molar-refractivity contribution in [3.63, 3.8) is 0 Å². The molecule has 0 saturated carbocycles. The lowest BCUT2D eigenvalue weighted by atomic mass is 10.1. The maximum atomic E-state index is 13.1. The van der Waals surface area contributed by atoms with Gasteiger partial charge in [0, 0.05) is 28.7 Å². The summed E-state index contributed by atoms with van der Waals surface area (Å²) in [6, 6.07) is 24.9. The third-order valence-electron chi connectivity index (χ3n) is 6.56. The fourth-order valence-electron chi connectivity index (χ4n) is 4.62. The van der Waals surface area contributed by atoms with E-state index >= 15 is 0 Å². The number of pyridine rings is 1. The van der Waals surface area contributed by atoms with Crippen molar-refractivity contribution >= 4 is 28.2 Å². The van der Waals surface area contributed by atoms with Crippen molar-refractivity contribution in [1.82, 2.24) is 9.55 Å². The van der Waals surface area contributed by atoms with Crippen molar-refractivity contribution in [3.8, 4) is 29.1 Å². The molecule has 0 amide bonds. The van der Waals surface area contributed by atoms with Crippen LogP contribution < -0.4 is 14.8 Å². The Bertz CT molecular complexity index is 1730. The predicted molar refractivity (Wildman–Crippen MR) is 154 cm³/mol. The number of aryl methyl sites for hydroxylation is 1. The van der Waals surface area contributed by atoms with Crippen molar-refractivity contribution in [2.45, 2.75) is 20.8 Å². The average Bonchev–Trinajstić information content (AvgIpc) is 3.25. The number of hydrogen-bond donors (Lipinski definition) is 1. The van der Waals surface area contributed by atoms with Crippen molar-refractivity contribution in [3.05, 3.63) is 101 Å². The normalized spacial score (nSPS) is 10.7. The van der Waals surface area contributed by atoms with Gasteiger partial charge in [0.25, 0.3) is 0 Å². The van der Waals surface area contributed by atoms with E-state index in [2.05, 4.69) is 16.4 Å². The van der Waals surface area contributed by atoms with Crippen LogP contribution in [0.15, 0.2) is 79.0 Å². The van der Waals surface area contributed by atoms with Gasteiger partial charge in [-0.15, -0.1) is 0 Å². The molecule has 0 aliphatic heterocycles. The van der Waals surface area contributed by atoms with Crippen LogP contribution in [0.4, 0.5) is 11.4 Å². The van der Waals surface area contributed by atoms with E-state index in [1.54, 1.807) is 38.4 Å². The Morgan fingerprint density at radius 3 is 2.40 bits per heavy atom. The van der Waals surface area contributed by atoms with Gasteiger partial charge in [0.15, 0.2) is 0 Å². The van der Waals surface area contributed by atoms with E-state index in [9.17, 15) is 10.1 Å². The second-order valence-electron chi connectivity index (χ2n) is 9.14. The third-order valence-corrected chi connectivity index (χ3v) is 6.56. The van der Waals surface area contributed by atoms with Crippen LogP contribution in [0.25, 0.3) is 16.6 Å². The molecule has 0 bridgehead atoms. The van der Waals surface area contributed by atoms with Gasteiger partial charge in [0.1, 0.15) is 23.1 Å². The zero-order valence-corrected chi connectivity index (χ0v) is 22.7. The molecule has 8 nitrogen and oxygen atoms in total. The van der Waals surface area contributed by atoms with Crippen molar-refractivity contribution in [2.75, 3.05) is 19.0 Å². The number of carbonyl (C=O) groups is 1. The molecule has 200 valence electrons. The van der Waals surface area contributed by atoms with E-state index in [0.29, 0.717) is 22.4 Å². The van der Waals surface area contributed by atoms with Gasteiger partial charge in [0.05, 0.1) is 30.5 Å². The number of aromatic nitrogens is 2. The third kappa shape index (κ3) is 5.05. The number of anilines is 2. The molecule has 0 radical (unpaired) electrons. The van der Waals surface area contributed by atoms with E-state index in [-0.39, 0.29) is 18.1 Å². The fourth-order valence-corrected chi connectivity index (χ4v) is 4.62. The van der Waals surface area contributed by atoms with Gasteiger partial charge in [-0.1, -0.05) is 17.7 Å². The monoisotopic (exact) mass is 532 g/mol. The van der Waals surface area contributed by atoms with E-state index in [4.69, 9.17) is 14.2 Å². The minimum absolute atomic E-state index is 0.146. The molecule has 0 aliphatic carbocycles. The Labute approximate surface area is 232 Å². The zero-order chi connectivity index (χ0) is 28.2. The SMILES string of the molecule is CCOC(=O)c1c(C)n(-c2ccc(C)cc2)c2ccc(Oc3nccc(Nc4ccc(OC)cc4)c3C#N)cc12. The Kier molecular flexibility index (Phi) is 7.38. The number of ether oxygens (including phenoxy) is 3. The largest absolute Gasteiger partial charge is 0.497 e. The summed E-state index contributed by atoms with van der Waals surface area (Å²) >= 11 is 0. The lowest BCUT2D eigenvalue weighted by Crippen LogP contribution is -2.07. The van der Waals surface area contributed by atoms with Gasteiger partial charge in [-0.3, -0.25) is 0 Å². The van der Waals surface area contributed by atoms with Gasteiger partial charge < -0.3 is 24.1 Å². The van der Waals surface area contributed by atoms with Crippen LogP contribution in [0.3, 0.4) is 0 Å². The van der Waals surface area contributed by atoms with E-state index < -0.39 is 5.97 Å². The number of rotatable bonds is 8. The molecule has 2 heterocycles. The van der Waals surface area contributed by atoms with Crippen molar-refractivity contribution < 1.29 is 19.0 Å². The van der Waals surface area contributed by atoms with Gasteiger partial charge >= 0.3 is 5.97 Å². The minimum atomic E-state index is -0.408. The lowest BCUT2D eigenvalue weighted by molar-refractivity contribution is 0.0527. The molecular formula is C32H28N4O4. The Balaban J connectivity index is 1.55. The smallest absolute Gasteiger partial charge is 0.340 e. The topological polar surface area (TPSA) is 98.4 Å². The summed E-state index contributed by atoms with van der Waals surface area (Å²) in [4.78, 5) is 17.4. The minimum Gasteiger partial charge on any atom is -0.497 e. The Morgan fingerprint density at radius 1 is 1.00 bits per heavy atom. The van der Waals surface area contributed by atoms with Crippen LogP contribution in [0.5, 0.6) is 17.4 Å². The predicted octanol–water partition coefficient (Wildman–Crippen LogP) is 7.24. The fraction of sp³-hybridized carbons (Fsp3) is 0.156. The molecular weight excluding hydrogens is 504 g/mol. The highest BCUT2D eigenvalue weighted by molar-refractivity contribution is 6.07. The van der Waals surface area contributed by atoms with Gasteiger partial charge in [-0.05, 0) is 81.4 Å². The molecule has 2 aromatic heterocycles. The van der Waals surface area contributed by atoms with Crippen LogP contribution in [-0.4, -0.2) is 29.2 Å². The molecule has 0 fully saturated rings. The second kappa shape index (κ2) is 11.2. The molecule has 8 heteroatoms. The number of hydrogen-bond acceptors (Lipinski definition) is 7. The van der Waals surface area contributed by atoms with E-state index in [1.807, 2.05) is 73.0 Å². The number of methoxy groups -OCH3 is 1. The summed E-state index contributed by atoms with van der Waals surface area (Å²) < 4.78 is 18.8. The number of fused-ring (bicyclic) bond motifs is 1. The van der Waals surface area contributed by atoms with Crippen LogP contribution >= 0.6 is 0 Å². The van der Waals surface area contributed by atoms with Crippen LogP contribution in [-0.2, 0) is 4.74 Å². The molecule has 5 rings (SSSR count). The second-order valence-corrected chi connectivity index (χ2v) is 9.14. The van der Waals surface area contributed by atoms with Gasteiger partial charge in [-0.2, -0.15) is 5.26 Å². The van der Waals surface area contributed by atoms with E-state index in [1.165, 1.54) is 0 Å². The Hall–Kier alpha value is -5.29. The van der Waals surface area contributed by atoms with Crippen molar-refractivity contribution in [1.29, 1.82) is 5.26 Å².